The van der Waals surface area contributed by atoms with Crippen LogP contribution >= 0.6 is 22.6 Å². The topological polar surface area (TPSA) is 25.8 Å². The molecule has 2 rings (SSSR count). The Morgan fingerprint density at radius 1 is 1.21 bits per heavy atom. The average molecular weight is 298 g/mol. The number of aromatic nitrogens is 2. The van der Waals surface area contributed by atoms with Gasteiger partial charge in [-0.1, -0.05) is 32.0 Å². The van der Waals surface area contributed by atoms with Crippen molar-refractivity contribution in [1.82, 2.24) is 10.2 Å². The summed E-state index contributed by atoms with van der Waals surface area (Å²) < 4.78 is 0.941. The maximum absolute atomic E-state index is 4.24. The predicted octanol–water partition coefficient (Wildman–Crippen LogP) is 3.36. The van der Waals surface area contributed by atoms with Crippen molar-refractivity contribution in [2.45, 2.75) is 19.8 Å². The molecule has 1 heterocycles. The molecule has 0 aliphatic carbocycles. The van der Waals surface area contributed by atoms with Gasteiger partial charge in [-0.2, -0.15) is 0 Å². The molecule has 0 radical (unpaired) electrons. The van der Waals surface area contributed by atoms with E-state index in [9.17, 15) is 0 Å². The Morgan fingerprint density at radius 3 is 2.71 bits per heavy atom. The monoisotopic (exact) mass is 298 g/mol. The molecule has 0 aliphatic heterocycles. The first-order valence-corrected chi connectivity index (χ1v) is 5.68. The highest BCUT2D eigenvalue weighted by Gasteiger charge is 2.06. The SMILES string of the molecule is CC(C)c1cccc2cc(I)nnc12. The zero-order valence-corrected chi connectivity index (χ0v) is 10.3. The number of rotatable bonds is 1. The van der Waals surface area contributed by atoms with Crippen LogP contribution in [-0.4, -0.2) is 10.2 Å². The van der Waals surface area contributed by atoms with Crippen LogP contribution in [-0.2, 0) is 0 Å². The Morgan fingerprint density at radius 2 is 2.00 bits per heavy atom. The Hall–Kier alpha value is -0.710. The average Bonchev–Trinajstić information content (AvgIpc) is 2.16. The highest BCUT2D eigenvalue weighted by Crippen LogP contribution is 2.23. The fourth-order valence-corrected chi connectivity index (χ4v) is 1.98. The van der Waals surface area contributed by atoms with Crippen LogP contribution in [0.4, 0.5) is 0 Å². The van der Waals surface area contributed by atoms with E-state index in [0.717, 1.165) is 9.22 Å². The van der Waals surface area contributed by atoms with Crippen LogP contribution in [0.15, 0.2) is 24.3 Å². The molecule has 0 fully saturated rings. The van der Waals surface area contributed by atoms with E-state index < -0.39 is 0 Å². The maximum atomic E-state index is 4.24. The number of halogens is 1. The van der Waals surface area contributed by atoms with Crippen LogP contribution in [0, 0.1) is 3.70 Å². The lowest BCUT2D eigenvalue weighted by Crippen LogP contribution is -1.94. The quantitative estimate of drug-likeness (QED) is 0.754. The first kappa shape index (κ1) is 9.83. The van der Waals surface area contributed by atoms with Gasteiger partial charge in [0.1, 0.15) is 3.70 Å². The Labute approximate surface area is 96.9 Å². The second-order valence-electron chi connectivity index (χ2n) is 3.61. The molecule has 14 heavy (non-hydrogen) atoms. The summed E-state index contributed by atoms with van der Waals surface area (Å²) in [7, 11) is 0. The second-order valence-corrected chi connectivity index (χ2v) is 4.71. The molecule has 0 spiro atoms. The molecule has 1 aromatic carbocycles. The fourth-order valence-electron chi connectivity index (χ4n) is 1.53. The highest BCUT2D eigenvalue weighted by molar-refractivity contribution is 14.1. The minimum Gasteiger partial charge on any atom is -0.149 e. The van der Waals surface area contributed by atoms with Gasteiger partial charge >= 0.3 is 0 Å². The molecular formula is C11H11IN2. The van der Waals surface area contributed by atoms with Crippen molar-refractivity contribution in [2.75, 3.05) is 0 Å². The third-order valence-corrected chi connectivity index (χ3v) is 2.77. The van der Waals surface area contributed by atoms with Gasteiger partial charge in [0.15, 0.2) is 0 Å². The number of fused-ring (bicyclic) bond motifs is 1. The van der Waals surface area contributed by atoms with E-state index >= 15 is 0 Å². The lowest BCUT2D eigenvalue weighted by molar-refractivity contribution is 0.867. The van der Waals surface area contributed by atoms with Crippen molar-refractivity contribution in [2.24, 2.45) is 0 Å². The number of hydrogen-bond donors (Lipinski definition) is 0. The maximum Gasteiger partial charge on any atom is 0.124 e. The standard InChI is InChI=1S/C11H11IN2/c1-7(2)9-5-3-4-8-6-10(12)13-14-11(8)9/h3-7H,1-2H3. The molecule has 0 aliphatic rings. The van der Waals surface area contributed by atoms with Gasteiger partial charge in [0.2, 0.25) is 0 Å². The minimum absolute atomic E-state index is 0.494. The van der Waals surface area contributed by atoms with Crippen LogP contribution < -0.4 is 0 Å². The number of benzene rings is 1. The van der Waals surface area contributed by atoms with Crippen molar-refractivity contribution in [3.8, 4) is 0 Å². The lowest BCUT2D eigenvalue weighted by atomic mass is 10.0. The summed E-state index contributed by atoms with van der Waals surface area (Å²) in [6, 6.07) is 8.34. The summed E-state index contributed by atoms with van der Waals surface area (Å²) in [5.74, 6) is 0.494. The normalized spacial score (nSPS) is 11.1. The minimum atomic E-state index is 0.494. The van der Waals surface area contributed by atoms with Crippen molar-refractivity contribution >= 4 is 33.5 Å². The first-order chi connectivity index (χ1) is 6.68. The van der Waals surface area contributed by atoms with Crippen LogP contribution in [0.5, 0.6) is 0 Å². The fraction of sp³-hybridized carbons (Fsp3) is 0.273. The molecule has 3 heteroatoms. The third-order valence-electron chi connectivity index (χ3n) is 2.24. The van der Waals surface area contributed by atoms with Gasteiger partial charge < -0.3 is 0 Å². The van der Waals surface area contributed by atoms with Crippen molar-refractivity contribution < 1.29 is 0 Å². The van der Waals surface area contributed by atoms with E-state index in [4.69, 9.17) is 0 Å². The van der Waals surface area contributed by atoms with Crippen LogP contribution in [0.3, 0.4) is 0 Å². The van der Waals surface area contributed by atoms with E-state index in [0.29, 0.717) is 5.92 Å². The Kier molecular flexibility index (Phi) is 2.67. The molecule has 0 unspecified atom stereocenters. The van der Waals surface area contributed by atoms with Gasteiger partial charge in [-0.25, -0.2) is 0 Å². The predicted molar refractivity (Wildman–Crippen MR) is 66.3 cm³/mol. The molecule has 0 amide bonds. The molecule has 0 N–H and O–H groups in total. The van der Waals surface area contributed by atoms with Gasteiger partial charge in [0, 0.05) is 5.39 Å². The summed E-state index contributed by atoms with van der Waals surface area (Å²) in [6.07, 6.45) is 0. The van der Waals surface area contributed by atoms with Crippen molar-refractivity contribution in [3.63, 3.8) is 0 Å². The smallest absolute Gasteiger partial charge is 0.124 e. The summed E-state index contributed by atoms with van der Waals surface area (Å²) in [4.78, 5) is 0. The van der Waals surface area contributed by atoms with Crippen LogP contribution in [0.25, 0.3) is 10.9 Å². The van der Waals surface area contributed by atoms with Gasteiger partial charge in [-0.15, -0.1) is 10.2 Å². The first-order valence-electron chi connectivity index (χ1n) is 4.60. The Balaban J connectivity index is 2.75. The molecule has 0 atom stereocenters. The molecule has 2 nitrogen and oxygen atoms in total. The molecule has 1 aromatic heterocycles. The summed E-state index contributed by atoms with van der Waals surface area (Å²) >= 11 is 2.18. The molecule has 0 saturated heterocycles. The van der Waals surface area contributed by atoms with E-state index in [1.807, 2.05) is 0 Å². The molecule has 0 saturated carbocycles. The van der Waals surface area contributed by atoms with E-state index in [1.165, 1.54) is 10.9 Å². The summed E-state index contributed by atoms with van der Waals surface area (Å²) in [5, 5.41) is 9.51. The number of nitrogens with zero attached hydrogens (tertiary/aromatic N) is 2. The van der Waals surface area contributed by atoms with Gasteiger partial charge in [-0.05, 0) is 40.1 Å². The van der Waals surface area contributed by atoms with E-state index in [1.54, 1.807) is 0 Å². The second kappa shape index (κ2) is 3.81. The molecule has 2 aromatic rings. The van der Waals surface area contributed by atoms with Gasteiger partial charge in [0.05, 0.1) is 5.52 Å². The zero-order valence-electron chi connectivity index (χ0n) is 8.16. The largest absolute Gasteiger partial charge is 0.149 e. The van der Waals surface area contributed by atoms with Gasteiger partial charge in [0.25, 0.3) is 0 Å². The zero-order chi connectivity index (χ0) is 10.1. The molecule has 72 valence electrons. The number of hydrogen-bond acceptors (Lipinski definition) is 2. The summed E-state index contributed by atoms with van der Waals surface area (Å²) in [6.45, 7) is 4.35. The summed E-state index contributed by atoms with van der Waals surface area (Å²) in [5.41, 5.74) is 2.30. The van der Waals surface area contributed by atoms with Crippen LogP contribution in [0.1, 0.15) is 25.3 Å². The molecule has 0 bridgehead atoms. The highest BCUT2D eigenvalue weighted by atomic mass is 127. The van der Waals surface area contributed by atoms with Crippen molar-refractivity contribution in [3.05, 3.63) is 33.5 Å². The Bertz CT molecular complexity index is 466. The van der Waals surface area contributed by atoms with E-state index in [-0.39, 0.29) is 0 Å². The van der Waals surface area contributed by atoms with Gasteiger partial charge in [-0.3, -0.25) is 0 Å². The van der Waals surface area contributed by atoms with Crippen molar-refractivity contribution in [1.29, 1.82) is 0 Å². The third kappa shape index (κ3) is 1.73. The molecular weight excluding hydrogens is 287 g/mol. The lowest BCUT2D eigenvalue weighted by Gasteiger charge is -2.07. The van der Waals surface area contributed by atoms with E-state index in [2.05, 4.69) is 70.9 Å². The van der Waals surface area contributed by atoms with Crippen LogP contribution in [0.2, 0.25) is 0 Å².